The quantitative estimate of drug-likeness (QED) is 0.322. The summed E-state index contributed by atoms with van der Waals surface area (Å²) < 4.78 is 40.2. The second-order valence-corrected chi connectivity index (χ2v) is 11.2. The highest BCUT2D eigenvalue weighted by Crippen LogP contribution is 2.36. The van der Waals surface area contributed by atoms with Gasteiger partial charge in [-0.3, -0.25) is 4.57 Å². The van der Waals surface area contributed by atoms with E-state index in [0.29, 0.717) is 34.5 Å². The van der Waals surface area contributed by atoms with Crippen LogP contribution in [-0.2, 0) is 15.6 Å². The molecule has 2 atom stereocenters. The second-order valence-electron chi connectivity index (χ2n) is 8.87. The van der Waals surface area contributed by atoms with Gasteiger partial charge in [-0.2, -0.15) is 0 Å². The molecule has 1 aromatic carbocycles. The predicted molar refractivity (Wildman–Crippen MR) is 140 cm³/mol. The Morgan fingerprint density at radius 3 is 2.14 bits per heavy atom. The number of hydrogen-bond acceptors (Lipinski definition) is 9. The number of sulfone groups is 1. The zero-order valence-corrected chi connectivity index (χ0v) is 22.5. The zero-order valence-electron chi connectivity index (χ0n) is 21.7. The average molecular weight is 523 g/mol. The lowest BCUT2D eigenvalue weighted by Gasteiger charge is -2.20. The summed E-state index contributed by atoms with van der Waals surface area (Å²) in [5.74, 6) is 1.20. The number of methoxy groups -OCH3 is 2. The van der Waals surface area contributed by atoms with Crippen molar-refractivity contribution in [2.75, 3.05) is 14.2 Å². The lowest BCUT2D eigenvalue weighted by atomic mass is 10.1. The molecule has 0 N–H and O–H groups in total. The Morgan fingerprint density at radius 1 is 0.919 bits per heavy atom. The first kappa shape index (κ1) is 26.2. The number of nitrogens with zero attached hydrogens (tertiary/aromatic N) is 6. The minimum atomic E-state index is -3.72. The van der Waals surface area contributed by atoms with Gasteiger partial charge in [0.25, 0.3) is 0 Å². The summed E-state index contributed by atoms with van der Waals surface area (Å²) in [6, 6.07) is 10.9. The molecular weight excluding hydrogens is 492 g/mol. The van der Waals surface area contributed by atoms with Crippen LogP contribution in [0.4, 0.5) is 0 Å². The van der Waals surface area contributed by atoms with Gasteiger partial charge in [-0.05, 0) is 50.6 Å². The van der Waals surface area contributed by atoms with Crippen LogP contribution in [0.25, 0.3) is 17.2 Å². The first-order chi connectivity index (χ1) is 17.7. The minimum Gasteiger partial charge on any atom is -0.494 e. The fourth-order valence-electron chi connectivity index (χ4n) is 4.00. The molecule has 0 unspecified atom stereocenters. The third kappa shape index (κ3) is 5.31. The van der Waals surface area contributed by atoms with E-state index in [4.69, 9.17) is 9.47 Å². The van der Waals surface area contributed by atoms with Gasteiger partial charge in [0.1, 0.15) is 34.5 Å². The molecule has 37 heavy (non-hydrogen) atoms. The second kappa shape index (κ2) is 10.6. The highest BCUT2D eigenvalue weighted by Gasteiger charge is 2.33. The lowest BCUT2D eigenvalue weighted by Crippen LogP contribution is -2.27. The molecule has 0 aliphatic rings. The molecule has 0 spiro atoms. The summed E-state index contributed by atoms with van der Waals surface area (Å²) in [4.78, 5) is 13.3. The van der Waals surface area contributed by atoms with E-state index >= 15 is 0 Å². The van der Waals surface area contributed by atoms with E-state index in [1.807, 2.05) is 32.9 Å². The normalized spacial score (nSPS) is 13.2. The molecular formula is C26H30N6O4S. The van der Waals surface area contributed by atoms with Gasteiger partial charge in [0.05, 0.1) is 19.5 Å². The van der Waals surface area contributed by atoms with Crippen molar-refractivity contribution in [3.05, 3.63) is 71.7 Å². The van der Waals surface area contributed by atoms with Crippen molar-refractivity contribution in [1.82, 2.24) is 29.7 Å². The molecule has 0 saturated carbocycles. The number of ether oxygens (including phenoxy) is 2. The molecule has 0 saturated heterocycles. The van der Waals surface area contributed by atoms with E-state index in [1.54, 1.807) is 48.1 Å². The van der Waals surface area contributed by atoms with Crippen LogP contribution in [0.1, 0.15) is 42.7 Å². The molecule has 0 aliphatic heterocycles. The van der Waals surface area contributed by atoms with Gasteiger partial charge in [-0.1, -0.05) is 19.1 Å². The Labute approximate surface area is 216 Å². The van der Waals surface area contributed by atoms with Crippen LogP contribution < -0.4 is 9.47 Å². The van der Waals surface area contributed by atoms with Crippen LogP contribution in [0.15, 0.2) is 48.8 Å². The maximum absolute atomic E-state index is 13.7. The van der Waals surface area contributed by atoms with E-state index in [0.717, 1.165) is 11.3 Å². The number of rotatable bonds is 9. The molecule has 10 nitrogen and oxygen atoms in total. The van der Waals surface area contributed by atoms with Crippen LogP contribution in [0.2, 0.25) is 0 Å². The molecule has 194 valence electrons. The summed E-state index contributed by atoms with van der Waals surface area (Å²) in [7, 11) is -0.650. The van der Waals surface area contributed by atoms with E-state index in [2.05, 4.69) is 25.1 Å². The maximum atomic E-state index is 13.7. The van der Waals surface area contributed by atoms with Crippen LogP contribution in [0.3, 0.4) is 0 Å². The molecule has 0 bridgehead atoms. The van der Waals surface area contributed by atoms with Crippen LogP contribution in [0.5, 0.6) is 11.5 Å². The number of aromatic nitrogens is 6. The molecule has 0 amide bonds. The van der Waals surface area contributed by atoms with Crippen molar-refractivity contribution >= 4 is 9.84 Å². The molecule has 11 heteroatoms. The molecule has 4 aromatic rings. The lowest BCUT2D eigenvalue weighted by molar-refractivity contribution is 0.390. The first-order valence-corrected chi connectivity index (χ1v) is 13.5. The molecule has 3 heterocycles. The summed E-state index contributed by atoms with van der Waals surface area (Å²) in [5, 5.41) is 7.90. The third-order valence-corrected chi connectivity index (χ3v) is 8.48. The maximum Gasteiger partial charge on any atom is 0.187 e. The van der Waals surface area contributed by atoms with E-state index < -0.39 is 21.0 Å². The number of benzene rings is 1. The summed E-state index contributed by atoms with van der Waals surface area (Å²) in [5.41, 5.74) is 2.72. The van der Waals surface area contributed by atoms with Crippen molar-refractivity contribution < 1.29 is 17.9 Å². The van der Waals surface area contributed by atoms with Crippen LogP contribution >= 0.6 is 0 Å². The van der Waals surface area contributed by atoms with Gasteiger partial charge in [0.2, 0.25) is 0 Å². The average Bonchev–Trinajstić information content (AvgIpc) is 3.29. The summed E-state index contributed by atoms with van der Waals surface area (Å²) >= 11 is 0. The summed E-state index contributed by atoms with van der Waals surface area (Å²) in [6.45, 7) is 7.23. The number of aryl methyl sites for hydroxylation is 2. The largest absolute Gasteiger partial charge is 0.494 e. The van der Waals surface area contributed by atoms with Crippen molar-refractivity contribution in [2.45, 2.75) is 44.6 Å². The summed E-state index contributed by atoms with van der Waals surface area (Å²) in [6.07, 6.45) is 3.37. The monoisotopic (exact) mass is 522 g/mol. The van der Waals surface area contributed by atoms with Gasteiger partial charge in [-0.15, -0.1) is 10.2 Å². The van der Waals surface area contributed by atoms with Crippen molar-refractivity contribution in [2.24, 2.45) is 0 Å². The van der Waals surface area contributed by atoms with Gasteiger partial charge in [0.15, 0.2) is 21.5 Å². The predicted octanol–water partition coefficient (Wildman–Crippen LogP) is 3.86. The first-order valence-electron chi connectivity index (χ1n) is 11.8. The topological polar surface area (TPSA) is 122 Å². The van der Waals surface area contributed by atoms with E-state index in [1.165, 1.54) is 14.2 Å². The van der Waals surface area contributed by atoms with Gasteiger partial charge < -0.3 is 9.47 Å². The molecule has 4 rings (SSSR count). The van der Waals surface area contributed by atoms with Gasteiger partial charge in [0, 0.05) is 24.0 Å². The van der Waals surface area contributed by atoms with Crippen molar-refractivity contribution in [1.29, 1.82) is 0 Å². The minimum absolute atomic E-state index is 0.213. The Hall–Kier alpha value is -3.86. The molecule has 0 radical (unpaired) electrons. The van der Waals surface area contributed by atoms with E-state index in [-0.39, 0.29) is 11.6 Å². The number of pyridine rings is 1. The number of para-hydroxylation sites is 1. The van der Waals surface area contributed by atoms with Gasteiger partial charge in [-0.25, -0.2) is 23.4 Å². The van der Waals surface area contributed by atoms with Gasteiger partial charge >= 0.3 is 0 Å². The Balaban J connectivity index is 1.83. The van der Waals surface area contributed by atoms with Crippen molar-refractivity contribution in [3.8, 4) is 28.7 Å². The Kier molecular flexibility index (Phi) is 7.53. The fourth-order valence-corrected chi connectivity index (χ4v) is 5.55. The fraction of sp³-hybridized carbons (Fsp3) is 0.346. The highest BCUT2D eigenvalue weighted by atomic mass is 32.2. The number of hydrogen-bond donors (Lipinski definition) is 0. The van der Waals surface area contributed by atoms with Crippen molar-refractivity contribution in [3.63, 3.8) is 0 Å². The smallest absolute Gasteiger partial charge is 0.187 e. The third-order valence-electron chi connectivity index (χ3n) is 6.28. The standard InChI is InChI=1S/C26H30N6O4S/c1-16-13-27-25(28-14-16)18(3)19(4)37(33,34)15-23-30-31-26(20-10-7-9-17(2)29-20)32(23)24-21(35-5)11-8-12-22(24)36-6/h7-14,18-19H,15H2,1-6H3/t18-,19-/m1/s1. The van der Waals surface area contributed by atoms with Crippen LogP contribution in [-0.4, -0.2) is 57.6 Å². The molecule has 3 aromatic heterocycles. The Bertz CT molecular complexity index is 1480. The molecule has 0 aliphatic carbocycles. The van der Waals surface area contributed by atoms with E-state index in [9.17, 15) is 8.42 Å². The highest BCUT2D eigenvalue weighted by molar-refractivity contribution is 7.91. The molecule has 0 fully saturated rings. The Morgan fingerprint density at radius 2 is 1.54 bits per heavy atom. The zero-order chi connectivity index (χ0) is 26.7. The SMILES string of the molecule is COc1cccc(OC)c1-n1c(CS(=O)(=O)[C@H](C)[C@@H](C)c2ncc(C)cn2)nnc1-c1cccc(C)n1. The van der Waals surface area contributed by atoms with Crippen LogP contribution in [0, 0.1) is 13.8 Å².